The van der Waals surface area contributed by atoms with Gasteiger partial charge < -0.3 is 4.74 Å². The van der Waals surface area contributed by atoms with Gasteiger partial charge in [-0.05, 0) is 87.0 Å². The van der Waals surface area contributed by atoms with Gasteiger partial charge in [0.05, 0.1) is 0 Å². The van der Waals surface area contributed by atoms with Crippen LogP contribution >= 0.6 is 0 Å². The van der Waals surface area contributed by atoms with E-state index in [1.165, 1.54) is 26.0 Å². The molecule has 0 aromatic rings. The van der Waals surface area contributed by atoms with Crippen molar-refractivity contribution in [2.75, 3.05) is 0 Å². The summed E-state index contributed by atoms with van der Waals surface area (Å²) in [7, 11) is 0. The first-order chi connectivity index (χ1) is 16.6. The summed E-state index contributed by atoms with van der Waals surface area (Å²) in [6.07, 6.45) is 12.2. The SMILES string of the molecule is CC(=O)/C=C/C(=O)/C(C)=C/C=C/C(C)=C1\C(=O)C[C@H]2[C@@]3(C)CC[C@H](OC(C)=O)C(C)(C)C3CC[C@]12C. The van der Waals surface area contributed by atoms with Crippen molar-refractivity contribution in [1.82, 2.24) is 0 Å². The molecule has 0 spiro atoms. The zero-order valence-corrected chi connectivity index (χ0v) is 23.2. The monoisotopic (exact) mass is 494 g/mol. The first-order valence-electron chi connectivity index (χ1n) is 13.1. The molecule has 0 bridgehead atoms. The molecule has 5 heteroatoms. The third-order valence-electron chi connectivity index (χ3n) is 9.48. The maximum Gasteiger partial charge on any atom is 0.302 e. The molecule has 196 valence electrons. The van der Waals surface area contributed by atoms with Gasteiger partial charge in [-0.1, -0.05) is 45.9 Å². The van der Waals surface area contributed by atoms with Crippen molar-refractivity contribution in [2.24, 2.45) is 28.1 Å². The van der Waals surface area contributed by atoms with Crippen molar-refractivity contribution >= 4 is 23.3 Å². The summed E-state index contributed by atoms with van der Waals surface area (Å²) in [4.78, 5) is 48.4. The van der Waals surface area contributed by atoms with Crippen LogP contribution in [0.4, 0.5) is 0 Å². The Balaban J connectivity index is 1.89. The summed E-state index contributed by atoms with van der Waals surface area (Å²) >= 11 is 0. The maximum absolute atomic E-state index is 13.5. The Morgan fingerprint density at radius 2 is 1.56 bits per heavy atom. The molecule has 5 nitrogen and oxygen atoms in total. The van der Waals surface area contributed by atoms with Crippen LogP contribution in [-0.4, -0.2) is 29.4 Å². The highest BCUT2D eigenvalue weighted by molar-refractivity contribution is 6.07. The lowest BCUT2D eigenvalue weighted by atomic mass is 9.43. The highest BCUT2D eigenvalue weighted by atomic mass is 16.5. The fourth-order valence-corrected chi connectivity index (χ4v) is 7.80. The largest absolute Gasteiger partial charge is 0.462 e. The van der Waals surface area contributed by atoms with Gasteiger partial charge in [0, 0.05) is 29.7 Å². The van der Waals surface area contributed by atoms with E-state index in [0.717, 1.165) is 36.8 Å². The first-order valence-corrected chi connectivity index (χ1v) is 13.1. The summed E-state index contributed by atoms with van der Waals surface area (Å²) in [5, 5.41) is 0. The summed E-state index contributed by atoms with van der Waals surface area (Å²) in [5.41, 5.74) is 2.08. The zero-order chi connectivity index (χ0) is 27.1. The van der Waals surface area contributed by atoms with Crippen LogP contribution in [0.2, 0.25) is 0 Å². The summed E-state index contributed by atoms with van der Waals surface area (Å²) < 4.78 is 5.75. The van der Waals surface area contributed by atoms with E-state index in [1.54, 1.807) is 13.0 Å². The second-order valence-corrected chi connectivity index (χ2v) is 12.2. The van der Waals surface area contributed by atoms with Gasteiger partial charge in [-0.25, -0.2) is 0 Å². The molecule has 3 saturated carbocycles. The number of carbonyl (C=O) groups excluding carboxylic acids is 4. The van der Waals surface area contributed by atoms with Crippen LogP contribution in [0.15, 0.2) is 47.1 Å². The number of Topliss-reactive ketones (excluding diaryl/α,β-unsaturated/α-hetero) is 1. The lowest BCUT2D eigenvalue weighted by molar-refractivity contribution is -0.185. The Bertz CT molecular complexity index is 1080. The zero-order valence-electron chi connectivity index (χ0n) is 23.2. The molecule has 0 heterocycles. The summed E-state index contributed by atoms with van der Waals surface area (Å²) in [6, 6.07) is 0. The molecule has 0 aromatic heterocycles. The standard InChI is InChI=1S/C31H42O5/c1-19(23(34)13-12-21(3)32)10-9-11-20(2)28-24(35)18-26-30(7)17-15-27(36-22(4)33)29(5,6)25(30)14-16-31(26,28)8/h9-13,25-27H,14-18H2,1-8H3/b11-9+,13-12+,19-10+,28-20+/t25?,26-,27-,30-,31-/m0/s1. The average Bonchev–Trinajstić information content (AvgIpc) is 3.05. The van der Waals surface area contributed by atoms with Gasteiger partial charge in [0.25, 0.3) is 0 Å². The fraction of sp³-hybridized carbons (Fsp3) is 0.613. The highest BCUT2D eigenvalue weighted by Crippen LogP contribution is 2.69. The van der Waals surface area contributed by atoms with Gasteiger partial charge in [-0.2, -0.15) is 0 Å². The molecule has 0 amide bonds. The molecule has 0 aromatic carbocycles. The molecule has 3 fully saturated rings. The average molecular weight is 495 g/mol. The molecule has 3 rings (SSSR count). The number of hydrogen-bond donors (Lipinski definition) is 0. The number of carbonyl (C=O) groups is 4. The first kappa shape index (κ1) is 28.0. The topological polar surface area (TPSA) is 77.5 Å². The quantitative estimate of drug-likeness (QED) is 0.247. The third-order valence-corrected chi connectivity index (χ3v) is 9.48. The molecular formula is C31H42O5. The van der Waals surface area contributed by atoms with Crippen LogP contribution in [-0.2, 0) is 23.9 Å². The molecular weight excluding hydrogens is 452 g/mol. The van der Waals surface area contributed by atoms with Gasteiger partial charge in [-0.15, -0.1) is 0 Å². The summed E-state index contributed by atoms with van der Waals surface area (Å²) in [6.45, 7) is 15.7. The van der Waals surface area contributed by atoms with Crippen molar-refractivity contribution < 1.29 is 23.9 Å². The number of fused-ring (bicyclic) bond motifs is 3. The van der Waals surface area contributed by atoms with Gasteiger partial charge in [0.1, 0.15) is 6.10 Å². The lowest BCUT2D eigenvalue weighted by Crippen LogP contribution is -2.58. The normalized spacial score (nSPS) is 35.5. The second kappa shape index (κ2) is 10.1. The minimum absolute atomic E-state index is 0.000506. The molecule has 3 aliphatic rings. The van der Waals surface area contributed by atoms with Crippen molar-refractivity contribution in [3.63, 3.8) is 0 Å². The predicted molar refractivity (Wildman–Crippen MR) is 141 cm³/mol. The van der Waals surface area contributed by atoms with Crippen LogP contribution < -0.4 is 0 Å². The van der Waals surface area contributed by atoms with Crippen LogP contribution in [0.25, 0.3) is 0 Å². The van der Waals surface area contributed by atoms with Gasteiger partial charge >= 0.3 is 5.97 Å². The molecule has 0 radical (unpaired) electrons. The van der Waals surface area contributed by atoms with Crippen LogP contribution in [0.1, 0.15) is 87.5 Å². The Kier molecular flexibility index (Phi) is 7.83. The predicted octanol–water partition coefficient (Wildman–Crippen LogP) is 6.28. The molecule has 0 saturated heterocycles. The van der Waals surface area contributed by atoms with Gasteiger partial charge in [0.15, 0.2) is 17.3 Å². The van der Waals surface area contributed by atoms with E-state index in [4.69, 9.17) is 4.74 Å². The number of esters is 1. The van der Waals surface area contributed by atoms with Crippen molar-refractivity contribution in [2.45, 2.75) is 93.6 Å². The fourth-order valence-electron chi connectivity index (χ4n) is 7.80. The van der Waals surface area contributed by atoms with Crippen molar-refractivity contribution in [3.05, 3.63) is 47.1 Å². The minimum Gasteiger partial charge on any atom is -0.462 e. The molecule has 0 N–H and O–H groups in total. The number of ether oxygens (including phenoxy) is 1. The van der Waals surface area contributed by atoms with Crippen molar-refractivity contribution in [3.8, 4) is 0 Å². The Morgan fingerprint density at radius 3 is 2.17 bits per heavy atom. The van der Waals surface area contributed by atoms with Crippen LogP contribution in [0.5, 0.6) is 0 Å². The highest BCUT2D eigenvalue weighted by Gasteiger charge is 2.65. The number of rotatable bonds is 6. The number of hydrogen-bond acceptors (Lipinski definition) is 5. The van der Waals surface area contributed by atoms with E-state index in [0.29, 0.717) is 17.9 Å². The Morgan fingerprint density at radius 1 is 0.889 bits per heavy atom. The lowest BCUT2D eigenvalue weighted by Gasteiger charge is -2.62. The van der Waals surface area contributed by atoms with E-state index in [9.17, 15) is 19.2 Å². The molecule has 1 unspecified atom stereocenters. The molecule has 5 atom stereocenters. The Labute approximate surface area is 216 Å². The van der Waals surface area contributed by atoms with Gasteiger partial charge in [0.2, 0.25) is 0 Å². The van der Waals surface area contributed by atoms with Crippen LogP contribution in [0, 0.1) is 28.1 Å². The maximum atomic E-state index is 13.5. The van der Waals surface area contributed by atoms with E-state index < -0.39 is 0 Å². The second-order valence-electron chi connectivity index (χ2n) is 12.2. The minimum atomic E-state index is -0.220. The molecule has 0 aliphatic heterocycles. The van der Waals surface area contributed by atoms with E-state index in [-0.39, 0.29) is 51.6 Å². The Hall–Kier alpha value is -2.56. The third kappa shape index (κ3) is 4.99. The van der Waals surface area contributed by atoms with Gasteiger partial charge in [-0.3, -0.25) is 19.2 Å². The number of allylic oxidation sites excluding steroid dienone is 8. The molecule has 3 aliphatic carbocycles. The smallest absolute Gasteiger partial charge is 0.302 e. The van der Waals surface area contributed by atoms with E-state index in [1.807, 2.05) is 19.1 Å². The summed E-state index contributed by atoms with van der Waals surface area (Å²) in [5.74, 6) is 0.268. The van der Waals surface area contributed by atoms with Crippen molar-refractivity contribution in [1.29, 1.82) is 0 Å². The molecule has 36 heavy (non-hydrogen) atoms. The number of ketones is 3. The van der Waals surface area contributed by atoms with Crippen LogP contribution in [0.3, 0.4) is 0 Å². The van der Waals surface area contributed by atoms with E-state index in [2.05, 4.69) is 27.7 Å². The van der Waals surface area contributed by atoms with E-state index >= 15 is 0 Å².